The predicted molar refractivity (Wildman–Crippen MR) is 110 cm³/mol. The molecule has 1 aromatic rings. The van der Waals surface area contributed by atoms with Gasteiger partial charge in [0.05, 0.1) is 6.42 Å². The molecular weight excluding hydrogens is 368 g/mol. The Morgan fingerprint density at radius 1 is 1.14 bits per heavy atom. The first-order valence-corrected chi connectivity index (χ1v) is 10.1. The van der Waals surface area contributed by atoms with Gasteiger partial charge in [0.2, 0.25) is 11.9 Å². The van der Waals surface area contributed by atoms with E-state index in [-0.39, 0.29) is 24.0 Å². The molecule has 2 amide bonds. The number of nitrogens with zero attached hydrogens (tertiary/aromatic N) is 3. The highest BCUT2D eigenvalue weighted by molar-refractivity contribution is 6.10. The number of aliphatic imine (C=N–C) groups is 1. The van der Waals surface area contributed by atoms with Gasteiger partial charge in [-0.05, 0) is 30.4 Å². The Morgan fingerprint density at radius 2 is 1.83 bits per heavy atom. The average Bonchev–Trinajstić information content (AvgIpc) is 3.24. The van der Waals surface area contributed by atoms with Crippen LogP contribution in [0.4, 0.5) is 0 Å². The van der Waals surface area contributed by atoms with E-state index in [2.05, 4.69) is 10.3 Å². The van der Waals surface area contributed by atoms with Crippen molar-refractivity contribution in [3.8, 4) is 0 Å². The van der Waals surface area contributed by atoms with E-state index < -0.39 is 5.54 Å². The number of hydrogen-bond acceptors (Lipinski definition) is 5. The molecule has 29 heavy (non-hydrogen) atoms. The van der Waals surface area contributed by atoms with Crippen molar-refractivity contribution >= 4 is 29.1 Å². The van der Waals surface area contributed by atoms with Gasteiger partial charge in [-0.1, -0.05) is 30.3 Å². The summed E-state index contributed by atoms with van der Waals surface area (Å²) >= 11 is 0. The quantitative estimate of drug-likeness (QED) is 0.844. The number of Topliss-reactive ketones (excluding diaryl/α,β-unsaturated/α-hetero) is 1. The van der Waals surface area contributed by atoms with Crippen LogP contribution in [-0.4, -0.2) is 66.1 Å². The lowest BCUT2D eigenvalue weighted by molar-refractivity contribution is -0.135. The molecule has 1 N–H and O–H groups in total. The maximum Gasteiger partial charge on any atom is 0.254 e. The normalized spacial score (nSPS) is 20.9. The fraction of sp³-hybridized carbons (Fsp3) is 0.455. The molecule has 1 saturated heterocycles. The van der Waals surface area contributed by atoms with Crippen molar-refractivity contribution in [1.29, 1.82) is 0 Å². The highest BCUT2D eigenvalue weighted by Crippen LogP contribution is 2.35. The molecule has 1 aromatic carbocycles. The van der Waals surface area contributed by atoms with Crippen LogP contribution in [0.25, 0.3) is 5.57 Å². The Morgan fingerprint density at radius 3 is 2.45 bits per heavy atom. The summed E-state index contributed by atoms with van der Waals surface area (Å²) < 4.78 is 0. The molecule has 0 aromatic heterocycles. The third kappa shape index (κ3) is 3.57. The predicted octanol–water partition coefficient (Wildman–Crippen LogP) is 1.60. The van der Waals surface area contributed by atoms with E-state index >= 15 is 0 Å². The van der Waals surface area contributed by atoms with Crippen molar-refractivity contribution in [3.63, 3.8) is 0 Å². The summed E-state index contributed by atoms with van der Waals surface area (Å²) in [6.07, 6.45) is 2.30. The zero-order valence-corrected chi connectivity index (χ0v) is 16.9. The number of ketones is 1. The fourth-order valence-electron chi connectivity index (χ4n) is 4.31. The van der Waals surface area contributed by atoms with Crippen LogP contribution >= 0.6 is 0 Å². The molecule has 0 radical (unpaired) electrons. The zero-order valence-electron chi connectivity index (χ0n) is 16.9. The minimum Gasteiger partial charge on any atom is -0.349 e. The van der Waals surface area contributed by atoms with Crippen LogP contribution in [0.2, 0.25) is 0 Å². The number of guanidine groups is 1. The number of rotatable bonds is 3. The van der Waals surface area contributed by atoms with Gasteiger partial charge >= 0.3 is 0 Å². The van der Waals surface area contributed by atoms with Crippen LogP contribution in [0, 0.1) is 0 Å². The van der Waals surface area contributed by atoms with Crippen molar-refractivity contribution in [3.05, 3.63) is 41.5 Å². The third-order valence-corrected chi connectivity index (χ3v) is 6.09. The van der Waals surface area contributed by atoms with Gasteiger partial charge in [-0.3, -0.25) is 19.7 Å². The van der Waals surface area contributed by atoms with Crippen molar-refractivity contribution in [1.82, 2.24) is 15.1 Å². The van der Waals surface area contributed by atoms with Gasteiger partial charge in [-0.15, -0.1) is 0 Å². The number of carbonyl (C=O) groups excluding carboxylic acids is 3. The minimum atomic E-state index is -0.770. The summed E-state index contributed by atoms with van der Waals surface area (Å²) in [5.41, 5.74) is 1.89. The zero-order chi connectivity index (χ0) is 20.6. The van der Waals surface area contributed by atoms with Gasteiger partial charge in [0.25, 0.3) is 5.91 Å². The Labute approximate surface area is 170 Å². The summed E-state index contributed by atoms with van der Waals surface area (Å²) in [5, 5.41) is 2.83. The van der Waals surface area contributed by atoms with E-state index in [9.17, 15) is 14.4 Å². The molecule has 2 aliphatic heterocycles. The molecule has 2 heterocycles. The van der Waals surface area contributed by atoms with E-state index in [1.54, 1.807) is 9.80 Å². The standard InChI is InChI=1S/C22H26N4O3/c1-25(2)21-23-20(29)22(24-21)10-12-26(13-11-22)19(28)14-17-16(8-9-18(17)27)15-6-4-3-5-7-15/h3-7H,8-14H2,1-2H3,(H,23,24,29). The second-order valence-corrected chi connectivity index (χ2v) is 8.12. The van der Waals surface area contributed by atoms with Gasteiger partial charge in [0.15, 0.2) is 5.78 Å². The Hall–Kier alpha value is -2.96. The summed E-state index contributed by atoms with van der Waals surface area (Å²) in [7, 11) is 3.68. The molecule has 0 atom stereocenters. The maximum absolute atomic E-state index is 12.9. The van der Waals surface area contributed by atoms with E-state index in [0.717, 1.165) is 11.1 Å². The molecular formula is C22H26N4O3. The molecule has 1 spiro atoms. The molecule has 0 unspecified atom stereocenters. The number of benzene rings is 1. The lowest BCUT2D eigenvalue weighted by Crippen LogP contribution is -2.50. The van der Waals surface area contributed by atoms with Gasteiger partial charge in [-0.2, -0.15) is 0 Å². The first-order valence-electron chi connectivity index (χ1n) is 10.1. The lowest BCUT2D eigenvalue weighted by atomic mass is 9.87. The van der Waals surface area contributed by atoms with Gasteiger partial charge in [0, 0.05) is 39.2 Å². The number of likely N-dealkylation sites (tertiary alicyclic amines) is 1. The molecule has 1 fully saturated rings. The largest absolute Gasteiger partial charge is 0.349 e. The van der Waals surface area contributed by atoms with Crippen LogP contribution in [0.3, 0.4) is 0 Å². The van der Waals surface area contributed by atoms with Crippen molar-refractivity contribution in [2.75, 3.05) is 27.2 Å². The number of allylic oxidation sites excluding steroid dienone is 1. The topological polar surface area (TPSA) is 82.1 Å². The highest BCUT2D eigenvalue weighted by Gasteiger charge is 2.47. The second-order valence-electron chi connectivity index (χ2n) is 8.12. The first kappa shape index (κ1) is 19.4. The Kier molecular flexibility index (Phi) is 4.98. The van der Waals surface area contributed by atoms with Crippen LogP contribution in [0.1, 0.15) is 37.7 Å². The molecule has 1 aliphatic carbocycles. The molecule has 0 saturated carbocycles. The highest BCUT2D eigenvalue weighted by atomic mass is 16.2. The molecule has 4 rings (SSSR count). The smallest absolute Gasteiger partial charge is 0.254 e. The van der Waals surface area contributed by atoms with E-state index in [1.165, 1.54) is 0 Å². The average molecular weight is 394 g/mol. The van der Waals surface area contributed by atoms with E-state index in [1.807, 2.05) is 44.4 Å². The van der Waals surface area contributed by atoms with Gasteiger partial charge < -0.3 is 9.80 Å². The van der Waals surface area contributed by atoms with E-state index in [0.29, 0.717) is 50.3 Å². The molecule has 7 heteroatoms. The van der Waals surface area contributed by atoms with Crippen LogP contribution in [0.15, 0.2) is 40.9 Å². The lowest BCUT2D eigenvalue weighted by Gasteiger charge is -2.35. The number of piperidine rings is 1. The van der Waals surface area contributed by atoms with Gasteiger partial charge in [-0.25, -0.2) is 4.99 Å². The van der Waals surface area contributed by atoms with Crippen molar-refractivity contribution in [2.45, 2.75) is 37.6 Å². The molecule has 7 nitrogen and oxygen atoms in total. The SMILES string of the molecule is CN(C)C1=NC2(CCN(C(=O)CC3=C(c4ccccc4)CCC3=O)CC2)C(=O)N1. The van der Waals surface area contributed by atoms with Crippen molar-refractivity contribution in [2.24, 2.45) is 4.99 Å². The monoisotopic (exact) mass is 394 g/mol. The van der Waals surface area contributed by atoms with Crippen LogP contribution in [0.5, 0.6) is 0 Å². The van der Waals surface area contributed by atoms with E-state index in [4.69, 9.17) is 0 Å². The van der Waals surface area contributed by atoms with Crippen LogP contribution in [-0.2, 0) is 14.4 Å². The molecule has 0 bridgehead atoms. The fourth-order valence-corrected chi connectivity index (χ4v) is 4.31. The molecule has 3 aliphatic rings. The number of hydrogen-bond donors (Lipinski definition) is 1. The second kappa shape index (κ2) is 7.46. The maximum atomic E-state index is 12.9. The molecule has 152 valence electrons. The Balaban J connectivity index is 1.45. The van der Waals surface area contributed by atoms with Crippen LogP contribution < -0.4 is 5.32 Å². The number of carbonyl (C=O) groups is 3. The summed E-state index contributed by atoms with van der Waals surface area (Å²) in [4.78, 5) is 46.0. The van der Waals surface area contributed by atoms with Crippen molar-refractivity contribution < 1.29 is 14.4 Å². The van der Waals surface area contributed by atoms with Gasteiger partial charge in [0.1, 0.15) is 5.54 Å². The summed E-state index contributed by atoms with van der Waals surface area (Å²) in [6, 6.07) is 9.82. The summed E-state index contributed by atoms with van der Waals surface area (Å²) in [5.74, 6) is 0.507. The number of amides is 2. The minimum absolute atomic E-state index is 0.0475. The number of nitrogens with one attached hydrogen (secondary N) is 1. The first-order chi connectivity index (χ1) is 13.9. The third-order valence-electron chi connectivity index (χ3n) is 6.09. The summed E-state index contributed by atoms with van der Waals surface area (Å²) in [6.45, 7) is 0.942. The Bertz CT molecular complexity index is 909.